The first-order chi connectivity index (χ1) is 11.1. The second-order valence-electron chi connectivity index (χ2n) is 6.13. The molecule has 2 aliphatic rings. The second kappa shape index (κ2) is 8.44. The maximum Gasteiger partial charge on any atom is 0.254 e. The number of hydrogen-bond acceptors (Lipinski definition) is 3. The van der Waals surface area contributed by atoms with Crippen molar-refractivity contribution in [1.29, 1.82) is 0 Å². The minimum Gasteiger partial charge on any atom is -0.340 e. The molecule has 24 heavy (non-hydrogen) atoms. The van der Waals surface area contributed by atoms with E-state index in [9.17, 15) is 14.0 Å². The predicted molar refractivity (Wildman–Crippen MR) is 91.8 cm³/mol. The highest BCUT2D eigenvalue weighted by atomic mass is 35.5. The molecule has 2 aliphatic heterocycles. The molecule has 0 aromatic heterocycles. The third kappa shape index (κ3) is 4.24. The minimum absolute atomic E-state index is 0. The van der Waals surface area contributed by atoms with Crippen molar-refractivity contribution in [3.8, 4) is 0 Å². The lowest BCUT2D eigenvalue weighted by atomic mass is 10.2. The summed E-state index contributed by atoms with van der Waals surface area (Å²) in [5, 5.41) is 3.23. The van der Waals surface area contributed by atoms with Gasteiger partial charge in [0.15, 0.2) is 0 Å². The van der Waals surface area contributed by atoms with Gasteiger partial charge in [-0.25, -0.2) is 4.39 Å². The molecule has 1 N–H and O–H groups in total. The molecule has 1 aromatic rings. The first-order valence-electron chi connectivity index (χ1n) is 8.22. The Bertz CT molecular complexity index is 593. The smallest absolute Gasteiger partial charge is 0.254 e. The van der Waals surface area contributed by atoms with Crippen LogP contribution in [-0.4, -0.2) is 60.4 Å². The Kier molecular flexibility index (Phi) is 6.57. The van der Waals surface area contributed by atoms with Crippen molar-refractivity contribution in [2.24, 2.45) is 0 Å². The highest BCUT2D eigenvalue weighted by molar-refractivity contribution is 5.94. The number of halogens is 2. The van der Waals surface area contributed by atoms with E-state index in [0.29, 0.717) is 31.7 Å². The van der Waals surface area contributed by atoms with Crippen molar-refractivity contribution in [1.82, 2.24) is 15.1 Å². The van der Waals surface area contributed by atoms with Crippen molar-refractivity contribution < 1.29 is 14.0 Å². The Labute approximate surface area is 147 Å². The van der Waals surface area contributed by atoms with E-state index in [1.807, 2.05) is 4.90 Å². The van der Waals surface area contributed by atoms with Crippen LogP contribution in [-0.2, 0) is 4.79 Å². The van der Waals surface area contributed by atoms with Crippen molar-refractivity contribution in [3.63, 3.8) is 0 Å². The van der Waals surface area contributed by atoms with Crippen LogP contribution in [0.1, 0.15) is 29.6 Å². The van der Waals surface area contributed by atoms with E-state index in [1.165, 1.54) is 12.1 Å². The molecular formula is C17H23ClFN3O2. The van der Waals surface area contributed by atoms with Gasteiger partial charge in [0.2, 0.25) is 5.91 Å². The molecule has 2 saturated heterocycles. The standard InChI is InChI=1S/C17H22FN3O2.ClH/c18-14-5-1-4-13(12-14)16(22)20-8-3-9-21(11-10-20)17(23)15-6-2-7-19-15;/h1,4-5,12,15,19H,2-3,6-11H2;1H. The van der Waals surface area contributed by atoms with Crippen LogP contribution in [0, 0.1) is 5.82 Å². The first-order valence-corrected chi connectivity index (χ1v) is 8.22. The molecule has 5 nitrogen and oxygen atoms in total. The summed E-state index contributed by atoms with van der Waals surface area (Å²) in [6.45, 7) is 3.20. The van der Waals surface area contributed by atoms with Gasteiger partial charge in [0.25, 0.3) is 5.91 Å². The summed E-state index contributed by atoms with van der Waals surface area (Å²) < 4.78 is 13.3. The first kappa shape index (κ1) is 18.7. The third-order valence-corrected chi connectivity index (χ3v) is 4.52. The summed E-state index contributed by atoms with van der Waals surface area (Å²) in [7, 11) is 0. The van der Waals surface area contributed by atoms with E-state index in [4.69, 9.17) is 0 Å². The van der Waals surface area contributed by atoms with Crippen molar-refractivity contribution >= 4 is 24.2 Å². The number of nitrogens with one attached hydrogen (secondary N) is 1. The summed E-state index contributed by atoms with van der Waals surface area (Å²) in [6.07, 6.45) is 2.68. The van der Waals surface area contributed by atoms with Gasteiger partial charge < -0.3 is 15.1 Å². The maximum atomic E-state index is 13.3. The number of carbonyl (C=O) groups is 2. The van der Waals surface area contributed by atoms with Gasteiger partial charge in [-0.3, -0.25) is 9.59 Å². The summed E-state index contributed by atoms with van der Waals surface area (Å²) >= 11 is 0. The fourth-order valence-corrected chi connectivity index (χ4v) is 3.26. The van der Waals surface area contributed by atoms with Gasteiger partial charge in [-0.05, 0) is 44.0 Å². The van der Waals surface area contributed by atoms with E-state index < -0.39 is 5.82 Å². The molecular weight excluding hydrogens is 333 g/mol. The van der Waals surface area contributed by atoms with Gasteiger partial charge in [0.05, 0.1) is 6.04 Å². The maximum absolute atomic E-state index is 13.3. The number of carbonyl (C=O) groups excluding carboxylic acids is 2. The molecule has 0 spiro atoms. The van der Waals surface area contributed by atoms with E-state index in [0.717, 1.165) is 25.8 Å². The molecule has 132 valence electrons. The molecule has 0 bridgehead atoms. The Morgan fingerprint density at radius 3 is 2.54 bits per heavy atom. The second-order valence-corrected chi connectivity index (χ2v) is 6.13. The van der Waals surface area contributed by atoms with Crippen molar-refractivity contribution in [2.75, 3.05) is 32.7 Å². The molecule has 0 aliphatic carbocycles. The lowest BCUT2D eigenvalue weighted by Gasteiger charge is -2.24. The monoisotopic (exact) mass is 355 g/mol. The average Bonchev–Trinajstić information content (AvgIpc) is 2.98. The van der Waals surface area contributed by atoms with Crippen LogP contribution in [0.2, 0.25) is 0 Å². The zero-order chi connectivity index (χ0) is 16.2. The van der Waals surface area contributed by atoms with Gasteiger partial charge in [0.1, 0.15) is 5.82 Å². The molecule has 0 saturated carbocycles. The van der Waals surface area contributed by atoms with E-state index >= 15 is 0 Å². The van der Waals surface area contributed by atoms with Crippen LogP contribution in [0.3, 0.4) is 0 Å². The molecule has 0 radical (unpaired) electrons. The van der Waals surface area contributed by atoms with Crippen LogP contribution >= 0.6 is 12.4 Å². The number of hydrogen-bond donors (Lipinski definition) is 1. The SMILES string of the molecule is Cl.O=C(c1cccc(F)c1)N1CCCN(C(=O)C2CCCN2)CC1. The zero-order valence-electron chi connectivity index (χ0n) is 13.5. The third-order valence-electron chi connectivity index (χ3n) is 4.52. The largest absolute Gasteiger partial charge is 0.340 e. The van der Waals surface area contributed by atoms with Gasteiger partial charge in [-0.2, -0.15) is 0 Å². The highest BCUT2D eigenvalue weighted by Crippen LogP contribution is 2.14. The Balaban J connectivity index is 0.00000208. The molecule has 1 unspecified atom stereocenters. The predicted octanol–water partition coefficient (Wildman–Crippen LogP) is 1.67. The average molecular weight is 356 g/mol. The van der Waals surface area contributed by atoms with Gasteiger partial charge in [0, 0.05) is 31.7 Å². The summed E-state index contributed by atoms with van der Waals surface area (Å²) in [6, 6.07) is 5.69. The molecule has 2 amide bonds. The van der Waals surface area contributed by atoms with E-state index in [1.54, 1.807) is 17.0 Å². The molecule has 1 aromatic carbocycles. The minimum atomic E-state index is -0.408. The molecule has 3 rings (SSSR count). The lowest BCUT2D eigenvalue weighted by Crippen LogP contribution is -2.45. The van der Waals surface area contributed by atoms with E-state index in [-0.39, 0.29) is 30.3 Å². The highest BCUT2D eigenvalue weighted by Gasteiger charge is 2.29. The molecule has 2 heterocycles. The quantitative estimate of drug-likeness (QED) is 0.878. The summed E-state index contributed by atoms with van der Waals surface area (Å²) in [4.78, 5) is 28.5. The van der Waals surface area contributed by atoms with Crippen LogP contribution in [0.15, 0.2) is 24.3 Å². The Morgan fingerprint density at radius 2 is 1.83 bits per heavy atom. The normalized spacial score (nSPS) is 21.1. The fraction of sp³-hybridized carbons (Fsp3) is 0.529. The topological polar surface area (TPSA) is 52.7 Å². The number of nitrogens with zero attached hydrogens (tertiary/aromatic N) is 2. The van der Waals surface area contributed by atoms with Gasteiger partial charge >= 0.3 is 0 Å². The zero-order valence-corrected chi connectivity index (χ0v) is 14.4. The number of rotatable bonds is 2. The van der Waals surface area contributed by atoms with Crippen molar-refractivity contribution in [2.45, 2.75) is 25.3 Å². The Hall–Kier alpha value is -1.66. The fourth-order valence-electron chi connectivity index (χ4n) is 3.26. The van der Waals surface area contributed by atoms with Crippen LogP contribution < -0.4 is 5.32 Å². The molecule has 2 fully saturated rings. The van der Waals surface area contributed by atoms with Crippen LogP contribution in [0.25, 0.3) is 0 Å². The van der Waals surface area contributed by atoms with Gasteiger partial charge in [-0.15, -0.1) is 12.4 Å². The van der Waals surface area contributed by atoms with E-state index in [2.05, 4.69) is 5.32 Å². The van der Waals surface area contributed by atoms with Crippen LogP contribution in [0.4, 0.5) is 4.39 Å². The Morgan fingerprint density at radius 1 is 1.08 bits per heavy atom. The summed E-state index contributed by atoms with van der Waals surface area (Å²) in [5.41, 5.74) is 0.363. The van der Waals surface area contributed by atoms with Crippen molar-refractivity contribution in [3.05, 3.63) is 35.6 Å². The summed E-state index contributed by atoms with van der Waals surface area (Å²) in [5.74, 6) is -0.435. The van der Waals surface area contributed by atoms with Crippen LogP contribution in [0.5, 0.6) is 0 Å². The molecule has 1 atom stereocenters. The lowest BCUT2D eigenvalue weighted by molar-refractivity contribution is -0.132. The number of benzene rings is 1. The molecule has 7 heteroatoms. The van der Waals surface area contributed by atoms with Gasteiger partial charge in [-0.1, -0.05) is 6.07 Å². The number of amides is 2.